The summed E-state index contributed by atoms with van der Waals surface area (Å²) in [7, 11) is 4.49. The molecule has 3 aromatic rings. The van der Waals surface area contributed by atoms with Crippen molar-refractivity contribution in [1.29, 1.82) is 0 Å². The zero-order valence-corrected chi connectivity index (χ0v) is 17.2. The fraction of sp³-hybridized carbons (Fsp3) is 0.200. The number of aryl methyl sites for hydroxylation is 1. The van der Waals surface area contributed by atoms with Gasteiger partial charge in [0.1, 0.15) is 11.5 Å². The quantitative estimate of drug-likeness (QED) is 0.571. The van der Waals surface area contributed by atoms with Gasteiger partial charge in [0.2, 0.25) is 11.5 Å². The summed E-state index contributed by atoms with van der Waals surface area (Å²) in [6.07, 6.45) is 0. The smallest absolute Gasteiger partial charge is 0.213 e. The number of nitrogens with zero attached hydrogens (tertiary/aromatic N) is 1. The number of aromatic nitrogens is 2. The fourth-order valence-corrected chi connectivity index (χ4v) is 3.11. The van der Waals surface area contributed by atoms with Crippen molar-refractivity contribution >= 4 is 29.0 Å². The Bertz CT molecular complexity index is 1020. The molecular formula is C20H18Cl2N2O4. The van der Waals surface area contributed by atoms with E-state index < -0.39 is 0 Å². The van der Waals surface area contributed by atoms with Crippen molar-refractivity contribution in [3.8, 4) is 28.6 Å². The van der Waals surface area contributed by atoms with Crippen LogP contribution in [0.1, 0.15) is 21.7 Å². The van der Waals surface area contributed by atoms with E-state index >= 15 is 0 Å². The highest BCUT2D eigenvalue weighted by molar-refractivity contribution is 6.42. The minimum absolute atomic E-state index is 0.278. The Balaban J connectivity index is 2.04. The van der Waals surface area contributed by atoms with Gasteiger partial charge in [-0.1, -0.05) is 23.2 Å². The average Bonchev–Trinajstić information content (AvgIpc) is 3.09. The number of halogens is 2. The molecule has 0 aliphatic carbocycles. The van der Waals surface area contributed by atoms with Gasteiger partial charge in [-0.05, 0) is 37.3 Å². The zero-order valence-electron chi connectivity index (χ0n) is 15.7. The predicted octanol–water partition coefficient (Wildman–Crippen LogP) is 4.95. The van der Waals surface area contributed by atoms with E-state index in [1.165, 1.54) is 21.3 Å². The third-order valence-corrected chi connectivity index (χ3v) is 4.96. The Morgan fingerprint density at radius 3 is 2.14 bits per heavy atom. The number of hydrogen-bond acceptors (Lipinski definition) is 5. The molecular weight excluding hydrogens is 403 g/mol. The molecule has 0 spiro atoms. The Morgan fingerprint density at radius 1 is 0.964 bits per heavy atom. The summed E-state index contributed by atoms with van der Waals surface area (Å²) < 4.78 is 15.9. The molecule has 146 valence electrons. The lowest BCUT2D eigenvalue weighted by molar-refractivity contribution is 0.103. The van der Waals surface area contributed by atoms with Crippen LogP contribution in [0.15, 0.2) is 30.3 Å². The number of hydrogen-bond donors (Lipinski definition) is 1. The third kappa shape index (κ3) is 3.66. The van der Waals surface area contributed by atoms with Crippen LogP contribution < -0.4 is 14.2 Å². The zero-order chi connectivity index (χ0) is 20.4. The molecule has 0 saturated carbocycles. The molecule has 6 nitrogen and oxygen atoms in total. The normalized spacial score (nSPS) is 10.6. The van der Waals surface area contributed by atoms with E-state index in [-0.39, 0.29) is 11.5 Å². The minimum Gasteiger partial charge on any atom is -0.493 e. The Kier molecular flexibility index (Phi) is 5.82. The molecule has 0 aliphatic rings. The van der Waals surface area contributed by atoms with Crippen LogP contribution in [-0.2, 0) is 0 Å². The lowest BCUT2D eigenvalue weighted by atomic mass is 10.1. The summed E-state index contributed by atoms with van der Waals surface area (Å²) in [6.45, 7) is 1.78. The van der Waals surface area contributed by atoms with E-state index in [0.29, 0.717) is 44.4 Å². The second-order valence-electron chi connectivity index (χ2n) is 5.93. The number of rotatable bonds is 6. The molecule has 1 heterocycles. The van der Waals surface area contributed by atoms with E-state index in [2.05, 4.69) is 9.97 Å². The largest absolute Gasteiger partial charge is 0.493 e. The molecule has 2 aromatic carbocycles. The molecule has 0 unspecified atom stereocenters. The second-order valence-corrected chi connectivity index (χ2v) is 6.75. The van der Waals surface area contributed by atoms with Gasteiger partial charge in [-0.3, -0.25) is 4.79 Å². The Morgan fingerprint density at radius 2 is 1.61 bits per heavy atom. The maximum Gasteiger partial charge on any atom is 0.213 e. The Hall–Kier alpha value is -2.70. The molecule has 1 aromatic heterocycles. The lowest BCUT2D eigenvalue weighted by Gasteiger charge is -2.13. The van der Waals surface area contributed by atoms with Crippen LogP contribution in [0.2, 0.25) is 10.0 Å². The molecule has 1 N–H and O–H groups in total. The minimum atomic E-state index is -0.278. The average molecular weight is 421 g/mol. The third-order valence-electron chi connectivity index (χ3n) is 4.22. The van der Waals surface area contributed by atoms with Crippen LogP contribution in [0, 0.1) is 6.92 Å². The highest BCUT2D eigenvalue weighted by Gasteiger charge is 2.22. The molecule has 0 aliphatic heterocycles. The van der Waals surface area contributed by atoms with Gasteiger partial charge in [-0.2, -0.15) is 0 Å². The van der Waals surface area contributed by atoms with E-state index in [9.17, 15) is 4.79 Å². The van der Waals surface area contributed by atoms with Gasteiger partial charge >= 0.3 is 0 Å². The van der Waals surface area contributed by atoms with Crippen molar-refractivity contribution in [2.45, 2.75) is 6.92 Å². The van der Waals surface area contributed by atoms with Crippen molar-refractivity contribution in [3.63, 3.8) is 0 Å². The summed E-state index contributed by atoms with van der Waals surface area (Å²) in [5, 5.41) is 0.855. The highest BCUT2D eigenvalue weighted by Crippen LogP contribution is 2.39. The molecule has 28 heavy (non-hydrogen) atoms. The van der Waals surface area contributed by atoms with Gasteiger partial charge in [0.15, 0.2) is 11.5 Å². The van der Waals surface area contributed by atoms with Crippen molar-refractivity contribution in [2.75, 3.05) is 21.3 Å². The summed E-state index contributed by atoms with van der Waals surface area (Å²) in [5.74, 6) is 1.44. The van der Waals surface area contributed by atoms with Crippen LogP contribution in [-0.4, -0.2) is 37.1 Å². The number of ketones is 1. The van der Waals surface area contributed by atoms with Crippen molar-refractivity contribution in [3.05, 3.63) is 57.3 Å². The molecule has 0 saturated heterocycles. The topological polar surface area (TPSA) is 73.4 Å². The number of methoxy groups -OCH3 is 3. The number of aromatic amines is 1. The number of carbonyl (C=O) groups excluding carboxylic acids is 1. The van der Waals surface area contributed by atoms with E-state index in [1.807, 2.05) is 0 Å². The number of ether oxygens (including phenoxy) is 3. The van der Waals surface area contributed by atoms with Crippen LogP contribution in [0.5, 0.6) is 17.2 Å². The molecule has 0 radical (unpaired) electrons. The maximum atomic E-state index is 13.1. The second kappa shape index (κ2) is 8.12. The molecule has 0 fully saturated rings. The van der Waals surface area contributed by atoms with Crippen LogP contribution in [0.3, 0.4) is 0 Å². The van der Waals surface area contributed by atoms with Crippen LogP contribution in [0.25, 0.3) is 11.4 Å². The van der Waals surface area contributed by atoms with Crippen LogP contribution in [0.4, 0.5) is 0 Å². The Labute approximate surface area is 172 Å². The lowest BCUT2D eigenvalue weighted by Crippen LogP contribution is -2.06. The first kappa shape index (κ1) is 20.0. The predicted molar refractivity (Wildman–Crippen MR) is 108 cm³/mol. The van der Waals surface area contributed by atoms with E-state index in [1.54, 1.807) is 37.3 Å². The molecule has 8 heteroatoms. The number of carbonyl (C=O) groups is 1. The van der Waals surface area contributed by atoms with Gasteiger partial charge in [-0.25, -0.2) is 4.98 Å². The molecule has 0 amide bonds. The first-order valence-corrected chi connectivity index (χ1v) is 9.02. The molecule has 0 atom stereocenters. The van der Waals surface area contributed by atoms with E-state index in [0.717, 1.165) is 5.56 Å². The number of nitrogens with one attached hydrogen (secondary N) is 1. The first-order chi connectivity index (χ1) is 13.4. The maximum absolute atomic E-state index is 13.1. The SMILES string of the molecule is COc1cc(C(=O)c2nc(-c3ccc(Cl)c(Cl)c3)[nH]c2C)cc(OC)c1OC. The van der Waals surface area contributed by atoms with Crippen molar-refractivity contribution < 1.29 is 19.0 Å². The van der Waals surface area contributed by atoms with Gasteiger partial charge in [0.05, 0.1) is 31.4 Å². The summed E-state index contributed by atoms with van der Waals surface area (Å²) in [5.41, 5.74) is 2.00. The first-order valence-electron chi connectivity index (χ1n) is 8.26. The highest BCUT2D eigenvalue weighted by atomic mass is 35.5. The van der Waals surface area contributed by atoms with Gasteiger partial charge in [0, 0.05) is 16.8 Å². The van der Waals surface area contributed by atoms with Crippen molar-refractivity contribution in [1.82, 2.24) is 9.97 Å². The summed E-state index contributed by atoms with van der Waals surface area (Å²) >= 11 is 12.1. The molecule has 0 bridgehead atoms. The summed E-state index contributed by atoms with van der Waals surface area (Å²) in [4.78, 5) is 20.7. The van der Waals surface area contributed by atoms with Crippen molar-refractivity contribution in [2.24, 2.45) is 0 Å². The van der Waals surface area contributed by atoms with Gasteiger partial charge < -0.3 is 19.2 Å². The monoisotopic (exact) mass is 420 g/mol. The number of benzene rings is 2. The van der Waals surface area contributed by atoms with Gasteiger partial charge in [0.25, 0.3) is 0 Å². The number of H-pyrrole nitrogens is 1. The summed E-state index contributed by atoms with van der Waals surface area (Å²) in [6, 6.07) is 8.33. The van der Waals surface area contributed by atoms with E-state index in [4.69, 9.17) is 37.4 Å². The standard InChI is InChI=1S/C20H18Cl2N2O4/c1-10-17(24-20(23-10)11-5-6-13(21)14(22)7-11)18(25)12-8-15(26-2)19(28-4)16(9-12)27-3/h5-9H,1-4H3,(H,23,24). The molecule has 3 rings (SSSR count). The van der Waals surface area contributed by atoms with Crippen LogP contribution >= 0.6 is 23.2 Å². The number of imidazole rings is 1. The fourth-order valence-electron chi connectivity index (χ4n) is 2.81. The van der Waals surface area contributed by atoms with Gasteiger partial charge in [-0.15, -0.1) is 0 Å².